The quantitative estimate of drug-likeness (QED) is 0.666. The van der Waals surface area contributed by atoms with Gasteiger partial charge in [0.2, 0.25) is 5.91 Å². The number of anilines is 1. The topological polar surface area (TPSA) is 98.6 Å². The average Bonchev–Trinajstić information content (AvgIpc) is 3.17. The third-order valence-corrected chi connectivity index (χ3v) is 5.34. The van der Waals surface area contributed by atoms with E-state index in [-0.39, 0.29) is 17.6 Å². The van der Waals surface area contributed by atoms with E-state index in [0.29, 0.717) is 23.4 Å². The Hall–Kier alpha value is -2.94. The maximum absolute atomic E-state index is 12.8. The van der Waals surface area contributed by atoms with Crippen LogP contribution in [0.1, 0.15) is 53.4 Å². The van der Waals surface area contributed by atoms with Crippen LogP contribution in [-0.4, -0.2) is 64.0 Å². The molecule has 1 aliphatic rings. The van der Waals surface area contributed by atoms with Crippen molar-refractivity contribution in [2.45, 2.75) is 59.0 Å². The molecule has 0 saturated carbocycles. The first-order valence-electron chi connectivity index (χ1n) is 11.5. The van der Waals surface area contributed by atoms with Crippen LogP contribution in [0, 0.1) is 5.92 Å². The van der Waals surface area contributed by atoms with Crippen LogP contribution >= 0.6 is 0 Å². The number of ether oxygens (including phenoxy) is 2. The molecule has 0 radical (unpaired) electrons. The fourth-order valence-corrected chi connectivity index (χ4v) is 3.88. The molecule has 0 spiro atoms. The van der Waals surface area contributed by atoms with Crippen LogP contribution in [0.4, 0.5) is 10.6 Å². The highest BCUT2D eigenvalue weighted by Gasteiger charge is 2.24. The summed E-state index contributed by atoms with van der Waals surface area (Å²) in [5, 5.41) is 7.24. The van der Waals surface area contributed by atoms with Crippen molar-refractivity contribution in [3.63, 3.8) is 0 Å². The molecule has 2 aromatic heterocycles. The molecule has 1 saturated heterocycles. The zero-order chi connectivity index (χ0) is 24.0. The van der Waals surface area contributed by atoms with Gasteiger partial charge in [-0.3, -0.25) is 9.78 Å². The first-order valence-corrected chi connectivity index (χ1v) is 11.5. The van der Waals surface area contributed by atoms with Gasteiger partial charge < -0.3 is 19.7 Å². The van der Waals surface area contributed by atoms with E-state index >= 15 is 0 Å². The van der Waals surface area contributed by atoms with Crippen molar-refractivity contribution in [1.82, 2.24) is 19.7 Å². The molecule has 3 rings (SSSR count). The molecule has 2 aromatic rings. The number of likely N-dealkylation sites (tertiary alicyclic amines) is 1. The van der Waals surface area contributed by atoms with Crippen LogP contribution in [0.2, 0.25) is 0 Å². The van der Waals surface area contributed by atoms with Crippen molar-refractivity contribution in [2.24, 2.45) is 5.92 Å². The maximum atomic E-state index is 12.8. The average molecular weight is 458 g/mol. The second-order valence-corrected chi connectivity index (χ2v) is 9.64. The molecule has 1 unspecified atom stereocenters. The molecular weight excluding hydrogens is 422 g/mol. The molecule has 0 aliphatic carbocycles. The summed E-state index contributed by atoms with van der Waals surface area (Å²) in [6, 6.07) is 3.41. The van der Waals surface area contributed by atoms with Gasteiger partial charge >= 0.3 is 6.09 Å². The third kappa shape index (κ3) is 7.28. The Kier molecular flexibility index (Phi) is 8.07. The highest BCUT2D eigenvalue weighted by molar-refractivity contribution is 5.92. The summed E-state index contributed by atoms with van der Waals surface area (Å²) in [4.78, 5) is 32.2. The number of aromatic nitrogens is 3. The van der Waals surface area contributed by atoms with Crippen LogP contribution in [-0.2, 0) is 9.53 Å². The number of piperidine rings is 1. The fraction of sp³-hybridized carbons (Fsp3) is 0.583. The Balaban J connectivity index is 1.77. The third-order valence-electron chi connectivity index (χ3n) is 5.34. The molecule has 1 atom stereocenters. The van der Waals surface area contributed by atoms with Crippen LogP contribution in [0.5, 0.6) is 5.75 Å². The van der Waals surface area contributed by atoms with E-state index in [1.165, 1.54) is 19.3 Å². The number of methoxy groups -OCH3 is 1. The molecule has 1 fully saturated rings. The summed E-state index contributed by atoms with van der Waals surface area (Å²) in [6.45, 7) is 10.5. The largest absolute Gasteiger partial charge is 0.495 e. The number of carbonyl (C=O) groups is 2. The standard InChI is InChI=1S/C24H35N5O4/c1-17(16-28-9-7-6-8-10-28)11-22(30)26-21-13-20(18-12-19(32-5)15-25-14-18)27-29(21)23(31)33-24(2,3)4/h12-15,17H,6-11,16H2,1-5H3,(H,26,30). The van der Waals surface area contributed by atoms with Gasteiger partial charge in [0.25, 0.3) is 0 Å². The highest BCUT2D eigenvalue weighted by atomic mass is 16.6. The summed E-state index contributed by atoms with van der Waals surface area (Å²) in [5.74, 6) is 0.858. The zero-order valence-corrected chi connectivity index (χ0v) is 20.3. The summed E-state index contributed by atoms with van der Waals surface area (Å²) in [7, 11) is 1.55. The van der Waals surface area contributed by atoms with Crippen LogP contribution in [0.25, 0.3) is 11.3 Å². The molecule has 1 N–H and O–H groups in total. The van der Waals surface area contributed by atoms with Gasteiger partial charge in [0.05, 0.1) is 19.0 Å². The normalized spacial score (nSPS) is 15.7. The number of amides is 1. The lowest BCUT2D eigenvalue weighted by atomic mass is 10.0. The summed E-state index contributed by atoms with van der Waals surface area (Å²) in [5.41, 5.74) is 0.430. The van der Waals surface area contributed by atoms with Gasteiger partial charge in [0.15, 0.2) is 0 Å². The minimum absolute atomic E-state index is 0.167. The van der Waals surface area contributed by atoms with Crippen LogP contribution in [0.3, 0.4) is 0 Å². The van der Waals surface area contributed by atoms with Crippen molar-refractivity contribution < 1.29 is 19.1 Å². The van der Waals surface area contributed by atoms with Crippen molar-refractivity contribution in [3.8, 4) is 17.0 Å². The predicted molar refractivity (Wildman–Crippen MR) is 126 cm³/mol. The van der Waals surface area contributed by atoms with E-state index in [2.05, 4.69) is 27.2 Å². The van der Waals surface area contributed by atoms with E-state index < -0.39 is 11.7 Å². The molecule has 1 aliphatic heterocycles. The van der Waals surface area contributed by atoms with E-state index in [1.54, 1.807) is 52.4 Å². The Bertz CT molecular complexity index is 960. The SMILES string of the molecule is COc1cncc(-c2cc(NC(=O)CC(C)CN3CCCCC3)n(C(=O)OC(C)(C)C)n2)c1. The van der Waals surface area contributed by atoms with Crippen LogP contribution in [0.15, 0.2) is 24.5 Å². The van der Waals surface area contributed by atoms with E-state index in [0.717, 1.165) is 24.3 Å². The Morgan fingerprint density at radius 1 is 1.15 bits per heavy atom. The van der Waals surface area contributed by atoms with Crippen molar-refractivity contribution in [2.75, 3.05) is 32.1 Å². The van der Waals surface area contributed by atoms with E-state index in [9.17, 15) is 9.59 Å². The van der Waals surface area contributed by atoms with Crippen molar-refractivity contribution in [1.29, 1.82) is 0 Å². The lowest BCUT2D eigenvalue weighted by Crippen LogP contribution is -2.34. The first-order chi connectivity index (χ1) is 15.6. The molecular formula is C24H35N5O4. The van der Waals surface area contributed by atoms with E-state index in [1.807, 2.05) is 0 Å². The number of carbonyl (C=O) groups excluding carboxylic acids is 2. The highest BCUT2D eigenvalue weighted by Crippen LogP contribution is 2.25. The van der Waals surface area contributed by atoms with Gasteiger partial charge in [0.1, 0.15) is 17.2 Å². The Morgan fingerprint density at radius 2 is 1.88 bits per heavy atom. The minimum Gasteiger partial charge on any atom is -0.495 e. The first kappa shape index (κ1) is 24.7. The smallest absolute Gasteiger partial charge is 0.437 e. The van der Waals surface area contributed by atoms with Gasteiger partial charge in [-0.25, -0.2) is 4.79 Å². The van der Waals surface area contributed by atoms with Gasteiger partial charge in [-0.1, -0.05) is 13.3 Å². The van der Waals surface area contributed by atoms with Gasteiger partial charge in [-0.15, -0.1) is 4.68 Å². The van der Waals surface area contributed by atoms with Gasteiger partial charge in [-0.2, -0.15) is 5.10 Å². The minimum atomic E-state index is -0.703. The molecule has 0 bridgehead atoms. The monoisotopic (exact) mass is 457 g/mol. The number of hydrogen-bond donors (Lipinski definition) is 1. The molecule has 180 valence electrons. The van der Waals surface area contributed by atoms with Gasteiger partial charge in [-0.05, 0) is 58.7 Å². The molecule has 3 heterocycles. The number of hydrogen-bond acceptors (Lipinski definition) is 7. The summed E-state index contributed by atoms with van der Waals surface area (Å²) >= 11 is 0. The lowest BCUT2D eigenvalue weighted by Gasteiger charge is -2.28. The molecule has 0 aromatic carbocycles. The molecule has 1 amide bonds. The Morgan fingerprint density at radius 3 is 2.55 bits per heavy atom. The summed E-state index contributed by atoms with van der Waals surface area (Å²) < 4.78 is 11.8. The number of nitrogens with one attached hydrogen (secondary N) is 1. The lowest BCUT2D eigenvalue weighted by molar-refractivity contribution is -0.117. The fourth-order valence-electron chi connectivity index (χ4n) is 3.88. The molecule has 9 nitrogen and oxygen atoms in total. The predicted octanol–water partition coefficient (Wildman–Crippen LogP) is 4.19. The van der Waals surface area contributed by atoms with Gasteiger partial charge in [0, 0.05) is 30.8 Å². The maximum Gasteiger partial charge on any atom is 0.437 e. The second-order valence-electron chi connectivity index (χ2n) is 9.64. The van der Waals surface area contributed by atoms with E-state index in [4.69, 9.17) is 9.47 Å². The van der Waals surface area contributed by atoms with Crippen LogP contribution < -0.4 is 10.1 Å². The number of rotatable bonds is 7. The second kappa shape index (κ2) is 10.8. The summed E-state index contributed by atoms with van der Waals surface area (Å²) in [6.07, 6.45) is 6.61. The number of pyridine rings is 1. The van der Waals surface area contributed by atoms with Crippen molar-refractivity contribution >= 4 is 17.8 Å². The Labute approximate surface area is 195 Å². The molecule has 9 heteroatoms. The zero-order valence-electron chi connectivity index (χ0n) is 20.3. The number of nitrogens with zero attached hydrogens (tertiary/aromatic N) is 4. The van der Waals surface area contributed by atoms with Crippen molar-refractivity contribution in [3.05, 3.63) is 24.5 Å². The molecule has 33 heavy (non-hydrogen) atoms.